The SMILES string of the molecule is C.C.C.C.C.CC(C)C(=O)OC1CCCC1.CC(C)NS(=O)(=O)c1cc2ccccc2s1.CC(C)Oc1nc2ccccc2nc1-c1cccs1. The van der Waals surface area contributed by atoms with Gasteiger partial charge in [-0.1, -0.05) is 87.4 Å². The molecule has 3 aromatic heterocycles. The topological polar surface area (TPSA) is 107 Å². The third kappa shape index (κ3) is 14.6. The number of nitrogens with zero attached hydrogens (tertiary/aromatic N) is 2. The van der Waals surface area contributed by atoms with Crippen LogP contribution in [-0.2, 0) is 19.6 Å². The summed E-state index contributed by atoms with van der Waals surface area (Å²) in [7, 11) is -3.35. The largest absolute Gasteiger partial charge is 0.473 e. The van der Waals surface area contributed by atoms with Gasteiger partial charge in [-0.3, -0.25) is 4.79 Å². The predicted molar refractivity (Wildman–Crippen MR) is 223 cm³/mol. The van der Waals surface area contributed by atoms with Crippen molar-refractivity contribution < 1.29 is 22.7 Å². The standard InChI is InChI=1S/C15H14N2OS.C11H13NO2S2.C9H16O2.5CH4/c1-10(2)18-15-14(13-8-5-9-19-13)16-11-6-3-4-7-12(11)17-15;1-8(2)12-16(13,14)11-7-9-5-3-4-6-10(9)15-11;1-7(2)9(10)11-8-5-3-4-6-8;;;;;/h3-10H,1-2H3;3-8,12H,1-2H3;7-8H,3-6H2,1-2H3;5*1H4. The van der Waals surface area contributed by atoms with Crippen molar-refractivity contribution in [1.29, 1.82) is 0 Å². The average Bonchev–Trinajstić information content (AvgIpc) is 3.79. The maximum atomic E-state index is 11.9. The lowest BCUT2D eigenvalue weighted by molar-refractivity contribution is -0.152. The van der Waals surface area contributed by atoms with E-state index in [-0.39, 0.29) is 67.3 Å². The van der Waals surface area contributed by atoms with E-state index in [1.807, 2.05) is 108 Å². The van der Waals surface area contributed by atoms with Gasteiger partial charge in [0.15, 0.2) is 0 Å². The molecule has 0 bridgehead atoms. The summed E-state index contributed by atoms with van der Waals surface area (Å²) in [6.45, 7) is 11.4. The minimum Gasteiger partial charge on any atom is -0.473 e. The quantitative estimate of drug-likeness (QED) is 0.157. The Kier molecular flexibility index (Phi) is 22.7. The lowest BCUT2D eigenvalue weighted by Gasteiger charge is -2.12. The molecule has 6 rings (SSSR count). The highest BCUT2D eigenvalue weighted by atomic mass is 32.2. The van der Waals surface area contributed by atoms with Crippen LogP contribution in [0.3, 0.4) is 0 Å². The molecule has 51 heavy (non-hydrogen) atoms. The van der Waals surface area contributed by atoms with Gasteiger partial charge in [-0.2, -0.15) is 0 Å². The first-order chi connectivity index (χ1) is 21.9. The molecule has 286 valence electrons. The van der Waals surface area contributed by atoms with Gasteiger partial charge in [-0.25, -0.2) is 23.1 Å². The Labute approximate surface area is 317 Å². The summed E-state index contributed by atoms with van der Waals surface area (Å²) < 4.78 is 38.8. The summed E-state index contributed by atoms with van der Waals surface area (Å²) in [5.41, 5.74) is 2.57. The van der Waals surface area contributed by atoms with Gasteiger partial charge in [0.2, 0.25) is 15.9 Å². The van der Waals surface area contributed by atoms with E-state index in [9.17, 15) is 13.2 Å². The number of carbonyl (C=O) groups is 1. The van der Waals surface area contributed by atoms with E-state index in [0.717, 1.165) is 44.5 Å². The van der Waals surface area contributed by atoms with Gasteiger partial charge in [0.1, 0.15) is 16.0 Å². The first-order valence-electron chi connectivity index (χ1n) is 15.6. The number of thiophene rings is 2. The molecule has 5 aromatic rings. The first-order valence-corrected chi connectivity index (χ1v) is 18.8. The number of benzene rings is 2. The Morgan fingerprint density at radius 2 is 1.41 bits per heavy atom. The highest BCUT2D eigenvalue weighted by Crippen LogP contribution is 2.32. The Morgan fingerprint density at radius 3 is 1.94 bits per heavy atom. The fourth-order valence-corrected chi connectivity index (χ4v) is 8.00. The molecule has 2 aromatic carbocycles. The maximum absolute atomic E-state index is 11.9. The molecular weight excluding hydrogens is 699 g/mol. The third-order valence-corrected chi connectivity index (χ3v) is 10.9. The van der Waals surface area contributed by atoms with Crippen molar-refractivity contribution in [3.63, 3.8) is 0 Å². The summed E-state index contributed by atoms with van der Waals surface area (Å²) in [6.07, 6.45) is 4.88. The molecule has 1 aliphatic carbocycles. The smallest absolute Gasteiger partial charge is 0.308 e. The van der Waals surface area contributed by atoms with Crippen LogP contribution in [0.4, 0.5) is 0 Å². The summed E-state index contributed by atoms with van der Waals surface area (Å²) in [5.74, 6) is 0.587. The number of nitrogens with one attached hydrogen (secondary N) is 1. The second-order valence-corrected chi connectivity index (χ2v) is 15.9. The average molecular weight is 762 g/mol. The lowest BCUT2D eigenvalue weighted by Crippen LogP contribution is -2.29. The highest BCUT2D eigenvalue weighted by molar-refractivity contribution is 7.91. The molecule has 0 aliphatic heterocycles. The Morgan fingerprint density at radius 1 is 0.824 bits per heavy atom. The molecule has 1 aliphatic rings. The van der Waals surface area contributed by atoms with Crippen LogP contribution in [0.15, 0.2) is 76.3 Å². The van der Waals surface area contributed by atoms with Crippen LogP contribution in [0.5, 0.6) is 5.88 Å². The van der Waals surface area contributed by atoms with Crippen LogP contribution in [-0.4, -0.2) is 42.6 Å². The van der Waals surface area contributed by atoms with Crippen molar-refractivity contribution in [3.05, 3.63) is 72.1 Å². The molecule has 3 heterocycles. The van der Waals surface area contributed by atoms with Crippen LogP contribution >= 0.6 is 22.7 Å². The van der Waals surface area contributed by atoms with Crippen molar-refractivity contribution in [3.8, 4) is 16.5 Å². The van der Waals surface area contributed by atoms with Gasteiger partial charge >= 0.3 is 5.97 Å². The number of fused-ring (bicyclic) bond motifs is 2. The van der Waals surface area contributed by atoms with Gasteiger partial charge in [0, 0.05) is 10.7 Å². The van der Waals surface area contributed by atoms with E-state index >= 15 is 0 Å². The fraction of sp³-hybridized carbons (Fsp3) is 0.475. The predicted octanol–water partition coefficient (Wildman–Crippen LogP) is 12.0. The zero-order valence-electron chi connectivity index (χ0n) is 27.2. The molecule has 0 radical (unpaired) electrons. The second-order valence-electron chi connectivity index (χ2n) is 11.9. The zero-order valence-corrected chi connectivity index (χ0v) is 29.7. The molecule has 1 N–H and O–H groups in total. The molecule has 0 atom stereocenters. The van der Waals surface area contributed by atoms with E-state index in [1.54, 1.807) is 17.4 Å². The van der Waals surface area contributed by atoms with Crippen LogP contribution < -0.4 is 9.46 Å². The minimum absolute atomic E-state index is 0. The van der Waals surface area contributed by atoms with Crippen molar-refractivity contribution in [2.75, 3.05) is 0 Å². The summed E-state index contributed by atoms with van der Waals surface area (Å²) >= 11 is 2.94. The number of hydrogen-bond acceptors (Lipinski definition) is 9. The van der Waals surface area contributed by atoms with Gasteiger partial charge < -0.3 is 9.47 Å². The highest BCUT2D eigenvalue weighted by Gasteiger charge is 2.21. The summed E-state index contributed by atoms with van der Waals surface area (Å²) in [4.78, 5) is 21.4. The van der Waals surface area contributed by atoms with Crippen LogP contribution in [0.1, 0.15) is 104 Å². The van der Waals surface area contributed by atoms with Crippen LogP contribution in [0.25, 0.3) is 31.7 Å². The number of ether oxygens (including phenoxy) is 2. The zero-order chi connectivity index (χ0) is 33.3. The summed E-state index contributed by atoms with van der Waals surface area (Å²) in [6, 6.07) is 21.2. The number of carbonyl (C=O) groups excluding carboxylic acids is 1. The number of para-hydroxylation sites is 2. The number of rotatable bonds is 8. The van der Waals surface area contributed by atoms with Crippen molar-refractivity contribution in [2.45, 2.75) is 127 Å². The molecule has 11 heteroatoms. The van der Waals surface area contributed by atoms with Crippen molar-refractivity contribution in [1.82, 2.24) is 14.7 Å². The van der Waals surface area contributed by atoms with E-state index in [4.69, 9.17) is 14.5 Å². The van der Waals surface area contributed by atoms with E-state index in [0.29, 0.717) is 10.1 Å². The van der Waals surface area contributed by atoms with Gasteiger partial charge in [-0.05, 0) is 94.5 Å². The van der Waals surface area contributed by atoms with Gasteiger partial charge in [0.05, 0.1) is 27.9 Å². The Hall–Kier alpha value is -3.38. The summed E-state index contributed by atoms with van der Waals surface area (Å²) in [5, 5.41) is 3.00. The van der Waals surface area contributed by atoms with Gasteiger partial charge in [-0.15, -0.1) is 22.7 Å². The first kappa shape index (κ1) is 49.7. The molecule has 8 nitrogen and oxygen atoms in total. The molecule has 1 saturated carbocycles. The normalized spacial score (nSPS) is 12.2. The monoisotopic (exact) mass is 761 g/mol. The van der Waals surface area contributed by atoms with E-state index in [1.165, 1.54) is 24.2 Å². The minimum atomic E-state index is -3.35. The number of esters is 1. The number of sulfonamides is 1. The number of aromatic nitrogens is 2. The molecule has 0 spiro atoms. The van der Waals surface area contributed by atoms with E-state index in [2.05, 4.69) is 9.71 Å². The Balaban J connectivity index is 0. The van der Waals surface area contributed by atoms with Crippen molar-refractivity contribution >= 4 is 59.8 Å². The maximum Gasteiger partial charge on any atom is 0.308 e. The molecule has 0 unspecified atom stereocenters. The van der Waals surface area contributed by atoms with Crippen LogP contribution in [0.2, 0.25) is 0 Å². The lowest BCUT2D eigenvalue weighted by atomic mass is 10.2. The van der Waals surface area contributed by atoms with E-state index < -0.39 is 10.0 Å². The van der Waals surface area contributed by atoms with Crippen LogP contribution in [0, 0.1) is 5.92 Å². The second kappa shape index (κ2) is 23.2. The molecule has 0 amide bonds. The fourth-order valence-electron chi connectivity index (χ4n) is 4.63. The Bertz CT molecular complexity index is 1780. The third-order valence-electron chi connectivity index (χ3n) is 6.76. The van der Waals surface area contributed by atoms with Crippen molar-refractivity contribution in [2.24, 2.45) is 5.92 Å². The van der Waals surface area contributed by atoms with Gasteiger partial charge in [0.25, 0.3) is 0 Å². The number of hydrogen-bond donors (Lipinski definition) is 1. The molecular formula is C40H63N3O5S3. The molecule has 1 fully saturated rings. The molecule has 0 saturated heterocycles.